The van der Waals surface area contributed by atoms with E-state index in [-0.39, 0.29) is 0 Å². The summed E-state index contributed by atoms with van der Waals surface area (Å²) in [6.07, 6.45) is 0. The molecule has 0 heterocycles. The molecular formula is C15H11Si. The second-order valence-electron chi connectivity index (χ2n) is 3.98. The van der Waals surface area contributed by atoms with Crippen LogP contribution in [0.5, 0.6) is 0 Å². The summed E-state index contributed by atoms with van der Waals surface area (Å²) >= 11 is 0. The van der Waals surface area contributed by atoms with Gasteiger partial charge >= 0.3 is 0 Å². The third kappa shape index (κ3) is 1.36. The molecule has 0 bridgehead atoms. The van der Waals surface area contributed by atoms with Crippen molar-refractivity contribution in [1.29, 1.82) is 0 Å². The molecule has 0 unspecified atom stereocenters. The van der Waals surface area contributed by atoms with Gasteiger partial charge in [0.15, 0.2) is 0 Å². The van der Waals surface area contributed by atoms with Crippen LogP contribution < -0.4 is 0 Å². The number of hydrogen-bond donors (Lipinski definition) is 0. The molecular weight excluding hydrogens is 208 g/mol. The highest BCUT2D eigenvalue weighted by Crippen LogP contribution is 2.27. The fourth-order valence-electron chi connectivity index (χ4n) is 2.26. The minimum atomic E-state index is 0.898. The van der Waals surface area contributed by atoms with Crippen LogP contribution >= 0.6 is 0 Å². The third-order valence-electron chi connectivity index (χ3n) is 3.07. The van der Waals surface area contributed by atoms with Crippen molar-refractivity contribution in [1.82, 2.24) is 0 Å². The van der Waals surface area contributed by atoms with Crippen LogP contribution in [0.1, 0.15) is 5.56 Å². The quantitative estimate of drug-likeness (QED) is 0.433. The second kappa shape index (κ2) is 3.76. The van der Waals surface area contributed by atoms with Gasteiger partial charge in [0.2, 0.25) is 0 Å². The third-order valence-corrected chi connectivity index (χ3v) is 3.45. The van der Waals surface area contributed by atoms with Crippen molar-refractivity contribution < 1.29 is 0 Å². The lowest BCUT2D eigenvalue weighted by Crippen LogP contribution is -1.86. The fourth-order valence-corrected chi connectivity index (χ4v) is 2.57. The van der Waals surface area contributed by atoms with E-state index in [0.717, 1.165) is 6.04 Å². The molecule has 0 N–H and O–H groups in total. The van der Waals surface area contributed by atoms with Gasteiger partial charge in [-0.05, 0) is 33.2 Å². The normalized spacial score (nSPS) is 11.1. The van der Waals surface area contributed by atoms with Gasteiger partial charge in [-0.25, -0.2) is 0 Å². The summed E-state index contributed by atoms with van der Waals surface area (Å²) in [6.45, 7) is 0. The molecule has 0 atom stereocenters. The van der Waals surface area contributed by atoms with Crippen LogP contribution in [0.25, 0.3) is 21.5 Å². The van der Waals surface area contributed by atoms with E-state index in [1.54, 1.807) is 0 Å². The van der Waals surface area contributed by atoms with Gasteiger partial charge in [0.1, 0.15) is 0 Å². The molecule has 3 aromatic rings. The molecule has 3 rings (SSSR count). The molecule has 0 saturated carbocycles. The molecule has 0 spiro atoms. The Bertz CT molecular complexity index is 656. The maximum Gasteiger partial charge on any atom is 0.0284 e. The van der Waals surface area contributed by atoms with Crippen molar-refractivity contribution in [3.8, 4) is 0 Å². The molecule has 0 aliphatic heterocycles. The van der Waals surface area contributed by atoms with Crippen LogP contribution in [-0.4, -0.2) is 10.2 Å². The van der Waals surface area contributed by atoms with E-state index in [1.165, 1.54) is 27.1 Å². The van der Waals surface area contributed by atoms with Crippen molar-refractivity contribution in [2.45, 2.75) is 6.04 Å². The molecule has 3 aromatic carbocycles. The highest BCUT2D eigenvalue weighted by molar-refractivity contribution is 6.13. The highest BCUT2D eigenvalue weighted by Gasteiger charge is 2.02. The molecule has 0 fully saturated rings. The molecule has 0 saturated heterocycles. The van der Waals surface area contributed by atoms with Crippen LogP contribution in [-0.2, 0) is 6.04 Å². The van der Waals surface area contributed by atoms with Gasteiger partial charge in [-0.15, -0.1) is 0 Å². The monoisotopic (exact) mass is 219 g/mol. The lowest BCUT2D eigenvalue weighted by atomic mass is 9.99. The molecule has 0 amide bonds. The molecule has 3 radical (unpaired) electrons. The summed E-state index contributed by atoms with van der Waals surface area (Å²) in [4.78, 5) is 0. The van der Waals surface area contributed by atoms with Crippen molar-refractivity contribution >= 4 is 31.8 Å². The zero-order valence-corrected chi connectivity index (χ0v) is 9.90. The maximum atomic E-state index is 3.59. The summed E-state index contributed by atoms with van der Waals surface area (Å²) in [7, 11) is 3.59. The van der Waals surface area contributed by atoms with Gasteiger partial charge in [-0.1, -0.05) is 54.6 Å². The van der Waals surface area contributed by atoms with Crippen LogP contribution in [0.3, 0.4) is 0 Å². The summed E-state index contributed by atoms with van der Waals surface area (Å²) in [5, 5.41) is 5.33. The lowest BCUT2D eigenvalue weighted by Gasteiger charge is -2.07. The predicted molar refractivity (Wildman–Crippen MR) is 70.9 cm³/mol. The Morgan fingerprint density at radius 2 is 1.50 bits per heavy atom. The van der Waals surface area contributed by atoms with Gasteiger partial charge < -0.3 is 0 Å². The molecule has 0 aromatic heterocycles. The Morgan fingerprint density at radius 3 is 2.38 bits per heavy atom. The van der Waals surface area contributed by atoms with E-state index in [4.69, 9.17) is 0 Å². The largest absolute Gasteiger partial charge is 0.0616 e. The molecule has 75 valence electrons. The minimum Gasteiger partial charge on any atom is -0.0616 e. The maximum absolute atomic E-state index is 3.59. The fraction of sp³-hybridized carbons (Fsp3) is 0.0667. The number of rotatable bonds is 1. The average Bonchev–Trinajstić information content (AvgIpc) is 2.37. The Labute approximate surface area is 98.3 Å². The first-order chi connectivity index (χ1) is 7.90. The van der Waals surface area contributed by atoms with Crippen molar-refractivity contribution in [2.24, 2.45) is 0 Å². The number of benzene rings is 3. The Kier molecular flexibility index (Phi) is 2.26. The first kappa shape index (κ1) is 9.61. The number of hydrogen-bond acceptors (Lipinski definition) is 0. The zero-order chi connectivity index (χ0) is 11.0. The Morgan fingerprint density at radius 1 is 0.688 bits per heavy atom. The summed E-state index contributed by atoms with van der Waals surface area (Å²) in [6, 6.07) is 20.3. The van der Waals surface area contributed by atoms with Crippen LogP contribution in [0, 0.1) is 0 Å². The van der Waals surface area contributed by atoms with Crippen molar-refractivity contribution in [3.05, 3.63) is 60.2 Å². The molecule has 0 aliphatic rings. The van der Waals surface area contributed by atoms with Gasteiger partial charge in [-0.3, -0.25) is 0 Å². The Balaban J connectivity index is 2.52. The van der Waals surface area contributed by atoms with E-state index in [1.807, 2.05) is 0 Å². The van der Waals surface area contributed by atoms with Gasteiger partial charge in [0.25, 0.3) is 0 Å². The lowest BCUT2D eigenvalue weighted by molar-refractivity contribution is 1.45. The Hall–Kier alpha value is -1.60. The van der Waals surface area contributed by atoms with Gasteiger partial charge in [0.05, 0.1) is 0 Å². The van der Waals surface area contributed by atoms with Crippen LogP contribution in [0.15, 0.2) is 54.6 Å². The zero-order valence-electron chi connectivity index (χ0n) is 8.90. The van der Waals surface area contributed by atoms with Crippen LogP contribution in [0.2, 0.25) is 0 Å². The SMILES string of the molecule is [Si]Cc1cccc2c1ccc1ccccc12. The first-order valence-corrected chi connectivity index (χ1v) is 6.15. The second-order valence-corrected chi connectivity index (χ2v) is 4.33. The van der Waals surface area contributed by atoms with E-state index in [2.05, 4.69) is 64.8 Å². The first-order valence-electron chi connectivity index (χ1n) is 5.44. The summed E-state index contributed by atoms with van der Waals surface area (Å²) < 4.78 is 0. The van der Waals surface area contributed by atoms with E-state index >= 15 is 0 Å². The average molecular weight is 219 g/mol. The standard InChI is InChI=1S/C15H11Si/c16-10-12-5-3-7-15-13-6-2-1-4-11(13)8-9-14(12)15/h1-9H,10H2. The van der Waals surface area contributed by atoms with Crippen molar-refractivity contribution in [3.63, 3.8) is 0 Å². The van der Waals surface area contributed by atoms with Crippen LogP contribution in [0.4, 0.5) is 0 Å². The predicted octanol–water partition coefficient (Wildman–Crippen LogP) is 3.66. The van der Waals surface area contributed by atoms with Gasteiger partial charge in [0, 0.05) is 10.2 Å². The van der Waals surface area contributed by atoms with Crippen molar-refractivity contribution in [2.75, 3.05) is 0 Å². The summed E-state index contributed by atoms with van der Waals surface area (Å²) in [5.41, 5.74) is 1.35. The topological polar surface area (TPSA) is 0 Å². The smallest absolute Gasteiger partial charge is 0.0284 e. The number of fused-ring (bicyclic) bond motifs is 3. The molecule has 1 heteroatoms. The van der Waals surface area contributed by atoms with E-state index in [0.29, 0.717) is 0 Å². The van der Waals surface area contributed by atoms with Gasteiger partial charge in [-0.2, -0.15) is 0 Å². The minimum absolute atomic E-state index is 0.898. The van der Waals surface area contributed by atoms with E-state index in [9.17, 15) is 0 Å². The molecule has 16 heavy (non-hydrogen) atoms. The summed E-state index contributed by atoms with van der Waals surface area (Å²) in [5.74, 6) is 0. The molecule has 0 nitrogen and oxygen atoms in total. The van der Waals surface area contributed by atoms with E-state index < -0.39 is 0 Å². The molecule has 0 aliphatic carbocycles. The highest BCUT2D eigenvalue weighted by atomic mass is 28.1.